The van der Waals surface area contributed by atoms with Crippen LogP contribution in [0.15, 0.2) is 29.2 Å². The third-order valence-electron chi connectivity index (χ3n) is 4.09. The lowest BCUT2D eigenvalue weighted by Crippen LogP contribution is -2.45. The number of hydrogen-bond acceptors (Lipinski definition) is 5. The molecule has 0 aliphatic carbocycles. The van der Waals surface area contributed by atoms with E-state index < -0.39 is 10.0 Å². The number of sulfonamides is 1. The normalized spacial score (nSPS) is 19.0. The van der Waals surface area contributed by atoms with E-state index in [-0.39, 0.29) is 29.9 Å². The minimum absolute atomic E-state index is 0.0168. The van der Waals surface area contributed by atoms with Crippen LogP contribution in [0.4, 0.5) is 0 Å². The molecule has 8 heteroatoms. The van der Waals surface area contributed by atoms with Gasteiger partial charge in [-0.15, -0.1) is 0 Å². The van der Waals surface area contributed by atoms with Crippen molar-refractivity contribution in [2.24, 2.45) is 5.92 Å². The molecular weight excluding hydrogens is 332 g/mol. The fourth-order valence-electron chi connectivity index (χ4n) is 2.71. The number of aliphatic hydroxyl groups excluding tert-OH is 1. The Morgan fingerprint density at radius 3 is 2.71 bits per heavy atom. The van der Waals surface area contributed by atoms with Crippen LogP contribution in [0.3, 0.4) is 0 Å². The number of methoxy groups -OCH3 is 1. The van der Waals surface area contributed by atoms with E-state index in [1.807, 2.05) is 0 Å². The number of piperidine rings is 1. The quantitative estimate of drug-likeness (QED) is 0.697. The number of carbonyl (C=O) groups is 1. The van der Waals surface area contributed by atoms with Crippen molar-refractivity contribution < 1.29 is 23.1 Å². The van der Waals surface area contributed by atoms with E-state index in [1.54, 1.807) is 12.1 Å². The van der Waals surface area contributed by atoms with E-state index in [4.69, 9.17) is 9.84 Å². The third-order valence-corrected chi connectivity index (χ3v) is 5.97. The van der Waals surface area contributed by atoms with Crippen molar-refractivity contribution in [1.82, 2.24) is 9.62 Å². The van der Waals surface area contributed by atoms with Gasteiger partial charge in [-0.2, -0.15) is 4.31 Å². The van der Waals surface area contributed by atoms with Crippen LogP contribution in [0.1, 0.15) is 19.3 Å². The summed E-state index contributed by atoms with van der Waals surface area (Å²) in [6, 6.07) is 6.24. The van der Waals surface area contributed by atoms with E-state index in [1.165, 1.54) is 23.5 Å². The van der Waals surface area contributed by atoms with Gasteiger partial charge in [0.25, 0.3) is 0 Å². The molecule has 0 spiro atoms. The molecule has 1 saturated heterocycles. The third kappa shape index (κ3) is 4.46. The number of aliphatic hydroxyl groups is 1. The Morgan fingerprint density at radius 1 is 1.38 bits per heavy atom. The van der Waals surface area contributed by atoms with Crippen molar-refractivity contribution in [2.45, 2.75) is 24.2 Å². The number of benzene rings is 1. The van der Waals surface area contributed by atoms with Crippen molar-refractivity contribution in [2.75, 3.05) is 33.4 Å². The van der Waals surface area contributed by atoms with Gasteiger partial charge < -0.3 is 15.2 Å². The number of carbonyl (C=O) groups excluding carboxylic acids is 1. The molecule has 0 saturated carbocycles. The second-order valence-corrected chi connectivity index (χ2v) is 7.68. The predicted octanol–water partition coefficient (Wildman–Crippen LogP) is 0.595. The average molecular weight is 356 g/mol. The molecule has 1 fully saturated rings. The smallest absolute Gasteiger partial charge is 0.243 e. The SMILES string of the molecule is COc1ccc(S(=O)(=O)N2CCCC(C(=O)NCCCO)C2)cc1. The van der Waals surface area contributed by atoms with Gasteiger partial charge in [0.05, 0.1) is 17.9 Å². The predicted molar refractivity (Wildman–Crippen MR) is 89.2 cm³/mol. The molecule has 1 atom stereocenters. The zero-order valence-corrected chi connectivity index (χ0v) is 14.6. The summed E-state index contributed by atoms with van der Waals surface area (Å²) in [6.45, 7) is 1.01. The van der Waals surface area contributed by atoms with Gasteiger partial charge in [0, 0.05) is 26.2 Å². The maximum absolute atomic E-state index is 12.7. The maximum Gasteiger partial charge on any atom is 0.243 e. The molecule has 2 rings (SSSR count). The van der Waals surface area contributed by atoms with Crippen molar-refractivity contribution in [3.63, 3.8) is 0 Å². The molecule has 1 aliphatic heterocycles. The second kappa shape index (κ2) is 8.46. The monoisotopic (exact) mass is 356 g/mol. The Bertz CT molecular complexity index is 645. The van der Waals surface area contributed by atoms with Crippen molar-refractivity contribution in [3.8, 4) is 5.75 Å². The first-order valence-electron chi connectivity index (χ1n) is 8.02. The molecule has 1 aromatic carbocycles. The van der Waals surface area contributed by atoms with E-state index >= 15 is 0 Å². The minimum atomic E-state index is -3.62. The lowest BCUT2D eigenvalue weighted by Gasteiger charge is -2.31. The molecular formula is C16H24N2O5S. The fourth-order valence-corrected chi connectivity index (χ4v) is 4.23. The Hall–Kier alpha value is -1.64. The van der Waals surface area contributed by atoms with Crippen LogP contribution in [0.2, 0.25) is 0 Å². The number of amides is 1. The highest BCUT2D eigenvalue weighted by atomic mass is 32.2. The molecule has 0 bridgehead atoms. The molecule has 0 aromatic heterocycles. The summed E-state index contributed by atoms with van der Waals surface area (Å²) in [6.07, 6.45) is 1.80. The number of hydrogen-bond donors (Lipinski definition) is 2. The summed E-state index contributed by atoms with van der Waals surface area (Å²) < 4.78 is 31.9. The lowest BCUT2D eigenvalue weighted by atomic mass is 9.99. The summed E-state index contributed by atoms with van der Waals surface area (Å²) in [5, 5.41) is 11.5. The molecule has 1 aromatic rings. The van der Waals surface area contributed by atoms with Crippen molar-refractivity contribution in [3.05, 3.63) is 24.3 Å². The van der Waals surface area contributed by atoms with Gasteiger partial charge in [0.15, 0.2) is 0 Å². The Balaban J connectivity index is 2.05. The molecule has 2 N–H and O–H groups in total. The van der Waals surface area contributed by atoms with Gasteiger partial charge in [-0.1, -0.05) is 0 Å². The van der Waals surface area contributed by atoms with E-state index in [0.29, 0.717) is 38.1 Å². The molecule has 1 aliphatic rings. The van der Waals surface area contributed by atoms with Crippen LogP contribution < -0.4 is 10.1 Å². The van der Waals surface area contributed by atoms with Gasteiger partial charge in [-0.3, -0.25) is 4.79 Å². The highest BCUT2D eigenvalue weighted by molar-refractivity contribution is 7.89. The summed E-state index contributed by atoms with van der Waals surface area (Å²) in [4.78, 5) is 12.3. The van der Waals surface area contributed by atoms with Gasteiger partial charge in [0.1, 0.15) is 5.75 Å². The zero-order valence-electron chi connectivity index (χ0n) is 13.8. The van der Waals surface area contributed by atoms with Gasteiger partial charge in [-0.25, -0.2) is 8.42 Å². The summed E-state index contributed by atoms with van der Waals surface area (Å²) in [5.41, 5.74) is 0. The number of nitrogens with zero attached hydrogens (tertiary/aromatic N) is 1. The Kier molecular flexibility index (Phi) is 6.59. The standard InChI is InChI=1S/C16H24N2O5S/c1-23-14-5-7-15(8-6-14)24(21,22)18-10-2-4-13(12-18)16(20)17-9-3-11-19/h5-8,13,19H,2-4,9-12H2,1H3,(H,17,20). The van der Waals surface area contributed by atoms with Crippen LogP contribution in [0.5, 0.6) is 5.75 Å². The second-order valence-electron chi connectivity index (χ2n) is 5.75. The average Bonchev–Trinajstić information content (AvgIpc) is 2.62. The zero-order chi connectivity index (χ0) is 17.6. The van der Waals surface area contributed by atoms with Crippen LogP contribution in [-0.2, 0) is 14.8 Å². The first kappa shape index (κ1) is 18.7. The lowest BCUT2D eigenvalue weighted by molar-refractivity contribution is -0.126. The molecule has 1 unspecified atom stereocenters. The largest absolute Gasteiger partial charge is 0.497 e. The number of ether oxygens (including phenoxy) is 1. The first-order chi connectivity index (χ1) is 11.5. The van der Waals surface area contributed by atoms with Crippen molar-refractivity contribution >= 4 is 15.9 Å². The number of nitrogens with one attached hydrogen (secondary N) is 1. The fraction of sp³-hybridized carbons (Fsp3) is 0.562. The topological polar surface area (TPSA) is 95.9 Å². The molecule has 134 valence electrons. The van der Waals surface area contributed by atoms with Gasteiger partial charge in [-0.05, 0) is 43.5 Å². The van der Waals surface area contributed by atoms with Gasteiger partial charge >= 0.3 is 0 Å². The highest BCUT2D eigenvalue weighted by Gasteiger charge is 2.33. The highest BCUT2D eigenvalue weighted by Crippen LogP contribution is 2.25. The molecule has 0 radical (unpaired) electrons. The molecule has 7 nitrogen and oxygen atoms in total. The summed E-state index contributed by atoms with van der Waals surface area (Å²) >= 11 is 0. The van der Waals surface area contributed by atoms with E-state index in [9.17, 15) is 13.2 Å². The molecule has 1 heterocycles. The Morgan fingerprint density at radius 2 is 2.08 bits per heavy atom. The van der Waals surface area contributed by atoms with Crippen LogP contribution in [0.25, 0.3) is 0 Å². The summed E-state index contributed by atoms with van der Waals surface area (Å²) in [7, 11) is -2.10. The molecule has 24 heavy (non-hydrogen) atoms. The van der Waals surface area contributed by atoms with Crippen LogP contribution in [0, 0.1) is 5.92 Å². The van der Waals surface area contributed by atoms with Crippen molar-refractivity contribution in [1.29, 1.82) is 0 Å². The first-order valence-corrected chi connectivity index (χ1v) is 9.46. The van der Waals surface area contributed by atoms with E-state index in [2.05, 4.69) is 5.32 Å². The summed E-state index contributed by atoms with van der Waals surface area (Å²) in [5.74, 6) is 0.0808. The van der Waals surface area contributed by atoms with Crippen LogP contribution >= 0.6 is 0 Å². The molecule has 1 amide bonds. The maximum atomic E-state index is 12.7. The minimum Gasteiger partial charge on any atom is -0.497 e. The Labute approximate surface area is 142 Å². The van der Waals surface area contributed by atoms with Crippen LogP contribution in [-0.4, -0.2) is 57.1 Å². The van der Waals surface area contributed by atoms with Gasteiger partial charge in [0.2, 0.25) is 15.9 Å². The number of rotatable bonds is 7. The van der Waals surface area contributed by atoms with E-state index in [0.717, 1.165) is 0 Å².